The fraction of sp³-hybridized carbons (Fsp3) is 0.250. The molecule has 0 saturated heterocycles. The maximum atomic E-state index is 11.6. The molecule has 8 heteroatoms. The van der Waals surface area contributed by atoms with Gasteiger partial charge in [-0.1, -0.05) is 0 Å². The second kappa shape index (κ2) is 7.40. The Labute approximate surface area is 138 Å². The third-order valence-corrected chi connectivity index (χ3v) is 3.24. The Morgan fingerprint density at radius 2 is 2.12 bits per heavy atom. The van der Waals surface area contributed by atoms with Crippen LogP contribution in [0.25, 0.3) is 0 Å². The van der Waals surface area contributed by atoms with E-state index in [-0.39, 0.29) is 24.6 Å². The van der Waals surface area contributed by atoms with Gasteiger partial charge in [0.2, 0.25) is 11.5 Å². The van der Waals surface area contributed by atoms with Crippen LogP contribution in [0, 0.1) is 6.92 Å². The molecule has 0 atom stereocenters. The Balaban J connectivity index is 2.20. The lowest BCUT2D eigenvalue weighted by Crippen LogP contribution is -2.45. The summed E-state index contributed by atoms with van der Waals surface area (Å²) in [6, 6.07) is 6.75. The molecule has 24 heavy (non-hydrogen) atoms. The first kappa shape index (κ1) is 17.2. The molecule has 0 aliphatic rings. The number of anilines is 1. The topological polar surface area (TPSA) is 130 Å². The predicted octanol–water partition coefficient (Wildman–Crippen LogP) is -0.0692. The third-order valence-electron chi connectivity index (χ3n) is 3.24. The second-order valence-electron chi connectivity index (χ2n) is 5.26. The number of hydrogen-bond donors (Lipinski definition) is 4. The number of ether oxygens (including phenoxy) is 1. The monoisotopic (exact) mass is 331 g/mol. The number of carboxylic acids is 1. The molecular formula is C16H19N4O4+. The van der Waals surface area contributed by atoms with Gasteiger partial charge in [-0.3, -0.25) is 20.1 Å². The van der Waals surface area contributed by atoms with Crippen LogP contribution in [-0.2, 0) is 16.2 Å². The highest BCUT2D eigenvalue weighted by Crippen LogP contribution is 2.23. The Bertz CT molecular complexity index is 782. The van der Waals surface area contributed by atoms with E-state index in [4.69, 9.17) is 15.3 Å². The van der Waals surface area contributed by atoms with Crippen molar-refractivity contribution < 1.29 is 24.8 Å². The van der Waals surface area contributed by atoms with Crippen LogP contribution in [0.1, 0.15) is 23.9 Å². The largest absolute Gasteiger partial charge is 0.487 e. The molecular weight excluding hydrogens is 312 g/mol. The van der Waals surface area contributed by atoms with E-state index in [2.05, 4.69) is 15.5 Å². The molecule has 0 fully saturated rings. The van der Waals surface area contributed by atoms with E-state index in [9.17, 15) is 9.59 Å². The number of carbonyl (C=O) groups excluding carboxylic acids is 1. The normalized spacial score (nSPS) is 10.2. The third kappa shape index (κ3) is 4.42. The smallest absolute Gasteiger partial charge is 0.322 e. The van der Waals surface area contributed by atoms with Crippen molar-refractivity contribution in [2.45, 2.75) is 20.5 Å². The molecule has 0 radical (unpaired) electrons. The van der Waals surface area contributed by atoms with Gasteiger partial charge in [0, 0.05) is 18.3 Å². The Morgan fingerprint density at radius 3 is 2.71 bits per heavy atom. The van der Waals surface area contributed by atoms with Crippen LogP contribution in [0.2, 0.25) is 0 Å². The lowest BCUT2D eigenvalue weighted by atomic mass is 10.0. The highest BCUT2D eigenvalue weighted by Gasteiger charge is 2.19. The number of aromatic nitrogens is 2. The number of Topliss-reactive ketones (excluding diaryl/α,β-unsaturated/α-hetero) is 1. The molecule has 0 amide bonds. The number of carbonyl (C=O) groups is 2. The molecule has 0 saturated carbocycles. The molecule has 5 N–H and O–H groups in total. The number of hydrogen-bond acceptors (Lipinski definition) is 5. The molecule has 1 aromatic carbocycles. The van der Waals surface area contributed by atoms with E-state index in [1.54, 1.807) is 18.2 Å². The van der Waals surface area contributed by atoms with Crippen molar-refractivity contribution >= 4 is 23.2 Å². The van der Waals surface area contributed by atoms with Crippen LogP contribution in [0.3, 0.4) is 0 Å². The lowest BCUT2D eigenvalue weighted by molar-refractivity contribution is -0.135. The molecule has 1 heterocycles. The summed E-state index contributed by atoms with van der Waals surface area (Å²) in [6.07, 6.45) is 0. The number of ketones is 1. The molecule has 0 unspecified atom stereocenters. The van der Waals surface area contributed by atoms with Gasteiger partial charge in [0.1, 0.15) is 18.9 Å². The lowest BCUT2D eigenvalue weighted by Gasteiger charge is -2.11. The van der Waals surface area contributed by atoms with Gasteiger partial charge in [-0.05, 0) is 31.2 Å². The summed E-state index contributed by atoms with van der Waals surface area (Å²) in [4.78, 5) is 22.3. The Hall–Kier alpha value is -3.16. The molecule has 126 valence electrons. The van der Waals surface area contributed by atoms with Gasteiger partial charge in [0.15, 0.2) is 0 Å². The average molecular weight is 331 g/mol. The molecule has 0 spiro atoms. The van der Waals surface area contributed by atoms with Crippen LogP contribution < -0.4 is 15.5 Å². The summed E-state index contributed by atoms with van der Waals surface area (Å²) < 4.78 is 5.65. The summed E-state index contributed by atoms with van der Waals surface area (Å²) >= 11 is 0. The minimum absolute atomic E-state index is 0.0314. The van der Waals surface area contributed by atoms with Crippen molar-refractivity contribution in [2.24, 2.45) is 0 Å². The first-order chi connectivity index (χ1) is 11.4. The van der Waals surface area contributed by atoms with Crippen LogP contribution >= 0.6 is 0 Å². The SMILES string of the molecule is CC(=O)C(=[NH2+])c1cc(OCc2cc(C)[nH]n2)ccc1NCC(=O)O. The number of nitrogens with zero attached hydrogens (tertiary/aromatic N) is 1. The van der Waals surface area contributed by atoms with Crippen molar-refractivity contribution in [3.8, 4) is 5.75 Å². The summed E-state index contributed by atoms with van der Waals surface area (Å²) in [5.74, 6) is -0.833. The molecule has 2 rings (SSSR count). The standard InChI is InChI=1S/C16H18N4O4/c1-9-5-11(20-19-9)8-24-12-3-4-14(18-7-15(22)23)13(6-12)16(17)10(2)21/h3-6,17-18H,7-8H2,1-2H3,(H,19,20)(H,22,23)/p+1. The summed E-state index contributed by atoms with van der Waals surface area (Å²) in [5.41, 5.74) is 2.55. The molecule has 2 aromatic rings. The number of nitrogens with one attached hydrogen (secondary N) is 2. The van der Waals surface area contributed by atoms with Gasteiger partial charge in [-0.25, -0.2) is 0 Å². The summed E-state index contributed by atoms with van der Waals surface area (Å²) in [7, 11) is 0. The van der Waals surface area contributed by atoms with E-state index in [1.807, 2.05) is 13.0 Å². The number of nitrogens with two attached hydrogens (primary N) is 1. The molecule has 0 aliphatic carbocycles. The average Bonchev–Trinajstić information content (AvgIpc) is 2.95. The maximum Gasteiger partial charge on any atom is 0.322 e. The van der Waals surface area contributed by atoms with Crippen molar-refractivity contribution in [3.63, 3.8) is 0 Å². The van der Waals surface area contributed by atoms with E-state index in [1.165, 1.54) is 6.92 Å². The molecule has 1 aromatic heterocycles. The number of H-pyrrole nitrogens is 1. The molecule has 8 nitrogen and oxygen atoms in total. The highest BCUT2D eigenvalue weighted by molar-refractivity contribution is 6.44. The highest BCUT2D eigenvalue weighted by atomic mass is 16.5. The van der Waals surface area contributed by atoms with Crippen molar-refractivity contribution in [2.75, 3.05) is 11.9 Å². The fourth-order valence-corrected chi connectivity index (χ4v) is 2.06. The van der Waals surface area contributed by atoms with Gasteiger partial charge in [-0.15, -0.1) is 0 Å². The van der Waals surface area contributed by atoms with Crippen molar-refractivity contribution in [1.82, 2.24) is 10.2 Å². The van der Waals surface area contributed by atoms with E-state index in [0.29, 0.717) is 17.0 Å². The maximum absolute atomic E-state index is 11.6. The minimum Gasteiger partial charge on any atom is -0.487 e. The zero-order valence-electron chi connectivity index (χ0n) is 13.4. The number of aryl methyl sites for hydroxylation is 1. The number of rotatable bonds is 8. The fourth-order valence-electron chi connectivity index (χ4n) is 2.06. The van der Waals surface area contributed by atoms with Crippen molar-refractivity contribution in [3.05, 3.63) is 41.2 Å². The zero-order chi connectivity index (χ0) is 17.7. The number of aromatic amines is 1. The zero-order valence-corrected chi connectivity index (χ0v) is 13.4. The summed E-state index contributed by atoms with van der Waals surface area (Å²) in [5, 5.41) is 24.2. The summed E-state index contributed by atoms with van der Waals surface area (Å²) in [6.45, 7) is 3.20. The van der Waals surface area contributed by atoms with Crippen LogP contribution in [0.5, 0.6) is 5.75 Å². The van der Waals surface area contributed by atoms with E-state index in [0.717, 1.165) is 11.4 Å². The van der Waals surface area contributed by atoms with Gasteiger partial charge in [0.05, 0.1) is 11.3 Å². The van der Waals surface area contributed by atoms with Gasteiger partial charge < -0.3 is 15.2 Å². The van der Waals surface area contributed by atoms with Crippen molar-refractivity contribution in [1.29, 1.82) is 0 Å². The second-order valence-corrected chi connectivity index (χ2v) is 5.26. The first-order valence-electron chi connectivity index (χ1n) is 7.24. The molecule has 0 aliphatic heterocycles. The van der Waals surface area contributed by atoms with Gasteiger partial charge >= 0.3 is 5.97 Å². The molecule has 0 bridgehead atoms. The predicted molar refractivity (Wildman–Crippen MR) is 86.9 cm³/mol. The Kier molecular flexibility index (Phi) is 5.31. The van der Waals surface area contributed by atoms with Gasteiger partial charge in [0.25, 0.3) is 0 Å². The van der Waals surface area contributed by atoms with Gasteiger partial charge in [-0.2, -0.15) is 5.10 Å². The number of benzene rings is 1. The van der Waals surface area contributed by atoms with Crippen LogP contribution in [0.4, 0.5) is 5.69 Å². The van der Waals surface area contributed by atoms with E-state index >= 15 is 0 Å². The Morgan fingerprint density at radius 1 is 1.38 bits per heavy atom. The first-order valence-corrected chi connectivity index (χ1v) is 7.24. The minimum atomic E-state index is -1.02. The van der Waals surface area contributed by atoms with Crippen LogP contribution in [0.15, 0.2) is 24.3 Å². The number of carboxylic acid groups (broad SMARTS) is 1. The number of aliphatic carboxylic acids is 1. The quantitative estimate of drug-likeness (QED) is 0.501. The van der Waals surface area contributed by atoms with E-state index < -0.39 is 5.97 Å². The van der Waals surface area contributed by atoms with Crippen LogP contribution in [-0.4, -0.2) is 39.3 Å².